The number of anilines is 2. The number of hydrogen-bond acceptors (Lipinski definition) is 2. The van der Waals surface area contributed by atoms with Crippen LogP contribution in [0, 0.1) is 0 Å². The Morgan fingerprint density at radius 2 is 1.21 bits per heavy atom. The van der Waals surface area contributed by atoms with Gasteiger partial charge >= 0.3 is 0 Å². The third-order valence-corrected chi connectivity index (χ3v) is 7.08. The van der Waals surface area contributed by atoms with Crippen LogP contribution in [0.1, 0.15) is 49.7 Å². The monoisotopic (exact) mass is 358 g/mol. The maximum Gasteiger partial charge on any atom is 0.0578 e. The van der Waals surface area contributed by atoms with Gasteiger partial charge in [0.15, 0.2) is 0 Å². The highest BCUT2D eigenvalue weighted by Gasteiger charge is 2.58. The summed E-state index contributed by atoms with van der Waals surface area (Å²) >= 11 is 12.6. The van der Waals surface area contributed by atoms with Crippen molar-refractivity contribution in [1.29, 1.82) is 0 Å². The second-order valence-corrected chi connectivity index (χ2v) is 8.87. The SMILES string of the molecule is CC12CC(c3cc(Cl)ccc3N1)C1CC2(C)Nc2ccc(Cl)cc21. The van der Waals surface area contributed by atoms with Gasteiger partial charge in [-0.25, -0.2) is 0 Å². The largest absolute Gasteiger partial charge is 0.377 e. The van der Waals surface area contributed by atoms with E-state index in [4.69, 9.17) is 23.2 Å². The molecule has 1 aliphatic carbocycles. The van der Waals surface area contributed by atoms with Gasteiger partial charge in [-0.2, -0.15) is 0 Å². The Labute approximate surface area is 152 Å². The lowest BCUT2D eigenvalue weighted by Gasteiger charge is -2.61. The lowest BCUT2D eigenvalue weighted by Crippen LogP contribution is -2.67. The highest BCUT2D eigenvalue weighted by molar-refractivity contribution is 6.31. The van der Waals surface area contributed by atoms with Crippen LogP contribution in [0.25, 0.3) is 0 Å². The third-order valence-electron chi connectivity index (χ3n) is 6.61. The number of fused-ring (bicyclic) bond motifs is 10. The van der Waals surface area contributed by atoms with Crippen molar-refractivity contribution >= 4 is 34.6 Å². The van der Waals surface area contributed by atoms with Gasteiger partial charge in [-0.05, 0) is 86.1 Å². The molecule has 4 bridgehead atoms. The predicted octanol–water partition coefficient (Wildman–Crippen LogP) is 6.02. The van der Waals surface area contributed by atoms with E-state index in [0.29, 0.717) is 11.8 Å². The summed E-state index contributed by atoms with van der Waals surface area (Å²) in [4.78, 5) is 0. The van der Waals surface area contributed by atoms with Gasteiger partial charge < -0.3 is 10.6 Å². The third kappa shape index (κ3) is 1.84. The van der Waals surface area contributed by atoms with E-state index >= 15 is 0 Å². The minimum absolute atomic E-state index is 0.00627. The fourth-order valence-corrected chi connectivity index (χ4v) is 5.51. The van der Waals surface area contributed by atoms with Gasteiger partial charge in [0, 0.05) is 21.4 Å². The number of nitrogens with one attached hydrogen (secondary N) is 2. The van der Waals surface area contributed by atoms with Gasteiger partial charge in [0.1, 0.15) is 0 Å². The molecular formula is C20H20Cl2N2. The second-order valence-electron chi connectivity index (χ2n) is 8.00. The first-order valence-corrected chi connectivity index (χ1v) is 9.29. The molecule has 0 spiro atoms. The van der Waals surface area contributed by atoms with Crippen LogP contribution in [-0.4, -0.2) is 11.1 Å². The van der Waals surface area contributed by atoms with Crippen molar-refractivity contribution < 1.29 is 0 Å². The molecule has 4 heteroatoms. The van der Waals surface area contributed by atoms with E-state index in [1.807, 2.05) is 12.1 Å². The minimum atomic E-state index is 0.00627. The molecule has 3 aliphatic rings. The van der Waals surface area contributed by atoms with Gasteiger partial charge in [0.05, 0.1) is 11.1 Å². The van der Waals surface area contributed by atoms with Crippen LogP contribution in [0.3, 0.4) is 0 Å². The maximum absolute atomic E-state index is 6.31. The van der Waals surface area contributed by atoms with Crippen molar-refractivity contribution in [2.75, 3.05) is 10.6 Å². The quantitative estimate of drug-likeness (QED) is 0.601. The highest BCUT2D eigenvalue weighted by atomic mass is 35.5. The van der Waals surface area contributed by atoms with Crippen LogP contribution in [0.5, 0.6) is 0 Å². The molecule has 2 N–H and O–H groups in total. The van der Waals surface area contributed by atoms with Crippen LogP contribution in [0.2, 0.25) is 10.0 Å². The van der Waals surface area contributed by atoms with Gasteiger partial charge in [-0.1, -0.05) is 23.2 Å². The topological polar surface area (TPSA) is 24.1 Å². The van der Waals surface area contributed by atoms with Crippen molar-refractivity contribution in [2.24, 2.45) is 0 Å². The summed E-state index contributed by atoms with van der Waals surface area (Å²) in [6, 6.07) is 12.5. The summed E-state index contributed by atoms with van der Waals surface area (Å²) in [6.07, 6.45) is 2.20. The maximum atomic E-state index is 6.31. The molecule has 2 aromatic rings. The van der Waals surface area contributed by atoms with E-state index in [9.17, 15) is 0 Å². The number of hydrogen-bond donors (Lipinski definition) is 2. The van der Waals surface area contributed by atoms with E-state index in [-0.39, 0.29) is 11.1 Å². The first kappa shape index (κ1) is 14.9. The lowest BCUT2D eigenvalue weighted by atomic mass is 9.54. The van der Waals surface area contributed by atoms with Crippen molar-refractivity contribution in [1.82, 2.24) is 0 Å². The van der Waals surface area contributed by atoms with Gasteiger partial charge in [0.2, 0.25) is 0 Å². The fourth-order valence-electron chi connectivity index (χ4n) is 5.15. The molecule has 5 rings (SSSR count). The Morgan fingerprint density at radius 3 is 1.62 bits per heavy atom. The molecule has 4 unspecified atom stereocenters. The van der Waals surface area contributed by atoms with E-state index in [1.165, 1.54) is 22.5 Å². The Morgan fingerprint density at radius 1 is 0.792 bits per heavy atom. The van der Waals surface area contributed by atoms with E-state index < -0.39 is 0 Å². The van der Waals surface area contributed by atoms with Crippen molar-refractivity contribution in [3.63, 3.8) is 0 Å². The summed E-state index contributed by atoms with van der Waals surface area (Å²) in [5, 5.41) is 9.27. The normalized spacial score (nSPS) is 35.3. The highest BCUT2D eigenvalue weighted by Crippen LogP contribution is 2.61. The second kappa shape index (κ2) is 4.62. The molecule has 1 fully saturated rings. The predicted molar refractivity (Wildman–Crippen MR) is 102 cm³/mol. The van der Waals surface area contributed by atoms with Crippen LogP contribution < -0.4 is 10.6 Å². The Bertz CT molecular complexity index is 793. The van der Waals surface area contributed by atoms with Crippen molar-refractivity contribution in [3.8, 4) is 0 Å². The Kier molecular flexibility index (Phi) is 2.87. The summed E-state index contributed by atoms with van der Waals surface area (Å²) in [7, 11) is 0. The molecule has 2 nitrogen and oxygen atoms in total. The van der Waals surface area contributed by atoms with Gasteiger partial charge in [0.25, 0.3) is 0 Å². The number of benzene rings is 2. The summed E-state index contributed by atoms with van der Waals surface area (Å²) < 4.78 is 0. The van der Waals surface area contributed by atoms with E-state index in [0.717, 1.165) is 22.9 Å². The zero-order valence-electron chi connectivity index (χ0n) is 13.8. The van der Waals surface area contributed by atoms with Crippen LogP contribution in [-0.2, 0) is 0 Å². The summed E-state index contributed by atoms with van der Waals surface area (Å²) in [5.74, 6) is 0.940. The smallest absolute Gasteiger partial charge is 0.0578 e. The van der Waals surface area contributed by atoms with Crippen molar-refractivity contribution in [2.45, 2.75) is 49.6 Å². The summed E-state index contributed by atoms with van der Waals surface area (Å²) in [6.45, 7) is 4.70. The molecule has 2 aromatic carbocycles. The average molecular weight is 359 g/mol. The molecule has 1 saturated carbocycles. The van der Waals surface area contributed by atoms with Crippen LogP contribution >= 0.6 is 23.2 Å². The number of rotatable bonds is 0. The zero-order valence-corrected chi connectivity index (χ0v) is 15.3. The molecule has 0 aromatic heterocycles. The molecule has 0 radical (unpaired) electrons. The molecule has 24 heavy (non-hydrogen) atoms. The van der Waals surface area contributed by atoms with Crippen molar-refractivity contribution in [3.05, 3.63) is 57.6 Å². The van der Waals surface area contributed by atoms with Crippen LogP contribution in [0.15, 0.2) is 36.4 Å². The Balaban J connectivity index is 1.76. The molecule has 0 saturated heterocycles. The standard InChI is InChI=1S/C20H20Cl2N2/c1-19-9-15(13-7-11(21)3-5-17(13)23-19)16-10-20(19,2)24-18-6-4-12(22)8-14(16)18/h3-8,15-16,23-24H,9-10H2,1-2H3. The average Bonchev–Trinajstić information content (AvgIpc) is 2.53. The van der Waals surface area contributed by atoms with E-state index in [1.54, 1.807) is 0 Å². The summed E-state index contributed by atoms with van der Waals surface area (Å²) in [5.41, 5.74) is 5.15. The molecule has 2 aliphatic heterocycles. The van der Waals surface area contributed by atoms with Gasteiger partial charge in [-0.3, -0.25) is 0 Å². The van der Waals surface area contributed by atoms with Crippen LogP contribution in [0.4, 0.5) is 11.4 Å². The number of halogens is 2. The molecule has 2 heterocycles. The first-order valence-electron chi connectivity index (χ1n) is 8.54. The molecular weight excluding hydrogens is 339 g/mol. The minimum Gasteiger partial charge on any atom is -0.377 e. The lowest BCUT2D eigenvalue weighted by molar-refractivity contribution is 0.164. The fraction of sp³-hybridized carbons (Fsp3) is 0.400. The van der Waals surface area contributed by atoms with Gasteiger partial charge in [-0.15, -0.1) is 0 Å². The zero-order chi connectivity index (χ0) is 16.7. The molecule has 4 atom stereocenters. The molecule has 0 amide bonds. The first-order chi connectivity index (χ1) is 11.4. The molecule has 124 valence electrons. The Hall–Kier alpha value is -1.38. The van der Waals surface area contributed by atoms with E-state index in [2.05, 4.69) is 48.7 Å².